The van der Waals surface area contributed by atoms with Crippen molar-refractivity contribution < 1.29 is 24.7 Å². The molecule has 2 aromatic carbocycles. The first-order valence-corrected chi connectivity index (χ1v) is 11.0. The van der Waals surface area contributed by atoms with Gasteiger partial charge in [-0.1, -0.05) is 0 Å². The molecule has 4 rings (SSSR count). The van der Waals surface area contributed by atoms with Gasteiger partial charge in [0.1, 0.15) is 11.8 Å². The van der Waals surface area contributed by atoms with Crippen LogP contribution in [0.3, 0.4) is 0 Å². The SMILES string of the molecule is O=C(NC(CO)C(=O)N1CCN(c2ccc([N+](=O)[O-])cc2)CC1)c1cc(-n2cccc2)ccc1O. The Labute approximate surface area is 201 Å². The van der Waals surface area contributed by atoms with Gasteiger partial charge in [-0.3, -0.25) is 19.7 Å². The highest BCUT2D eigenvalue weighted by Gasteiger charge is 2.29. The van der Waals surface area contributed by atoms with E-state index in [1.807, 2.05) is 17.0 Å². The predicted molar refractivity (Wildman–Crippen MR) is 128 cm³/mol. The highest BCUT2D eigenvalue weighted by atomic mass is 16.6. The van der Waals surface area contributed by atoms with E-state index >= 15 is 0 Å². The van der Waals surface area contributed by atoms with Crippen molar-refractivity contribution in [2.24, 2.45) is 0 Å². The van der Waals surface area contributed by atoms with Crippen molar-refractivity contribution in [2.75, 3.05) is 37.7 Å². The van der Waals surface area contributed by atoms with Crippen LogP contribution in [-0.2, 0) is 4.79 Å². The molecule has 1 atom stereocenters. The molecule has 11 nitrogen and oxygen atoms in total. The molecule has 1 aliphatic rings. The number of non-ortho nitro benzene ring substituents is 1. The van der Waals surface area contributed by atoms with Crippen LogP contribution in [0.1, 0.15) is 10.4 Å². The van der Waals surface area contributed by atoms with Gasteiger partial charge in [0, 0.05) is 62.1 Å². The van der Waals surface area contributed by atoms with Gasteiger partial charge in [0.2, 0.25) is 5.91 Å². The third-order valence-corrected chi connectivity index (χ3v) is 5.93. The van der Waals surface area contributed by atoms with Gasteiger partial charge in [0.25, 0.3) is 11.6 Å². The van der Waals surface area contributed by atoms with Crippen LogP contribution in [0.15, 0.2) is 67.0 Å². The number of nitrogens with zero attached hydrogens (tertiary/aromatic N) is 4. The molecule has 1 aromatic heterocycles. The predicted octanol–water partition coefficient (Wildman–Crippen LogP) is 1.53. The third-order valence-electron chi connectivity index (χ3n) is 5.93. The lowest BCUT2D eigenvalue weighted by Crippen LogP contribution is -2.56. The maximum atomic E-state index is 13.0. The third kappa shape index (κ3) is 5.25. The second-order valence-electron chi connectivity index (χ2n) is 8.09. The van der Waals surface area contributed by atoms with Gasteiger partial charge in [0.15, 0.2) is 0 Å². The Hall–Kier alpha value is -4.38. The Morgan fingerprint density at radius 3 is 2.23 bits per heavy atom. The first-order chi connectivity index (χ1) is 16.9. The molecule has 2 heterocycles. The number of hydrogen-bond donors (Lipinski definition) is 3. The molecule has 1 unspecified atom stereocenters. The molecule has 3 N–H and O–H groups in total. The number of nitro benzene ring substituents is 1. The molecule has 35 heavy (non-hydrogen) atoms. The van der Waals surface area contributed by atoms with E-state index in [1.54, 1.807) is 40.1 Å². The summed E-state index contributed by atoms with van der Waals surface area (Å²) < 4.78 is 1.77. The molecule has 3 aromatic rings. The lowest BCUT2D eigenvalue weighted by Gasteiger charge is -2.37. The van der Waals surface area contributed by atoms with Crippen molar-refractivity contribution in [1.82, 2.24) is 14.8 Å². The number of aliphatic hydroxyl groups excluding tert-OH is 1. The van der Waals surface area contributed by atoms with Gasteiger partial charge in [-0.05, 0) is 42.5 Å². The van der Waals surface area contributed by atoms with E-state index in [-0.39, 0.29) is 17.0 Å². The summed E-state index contributed by atoms with van der Waals surface area (Å²) in [6, 6.07) is 13.3. The second kappa shape index (κ2) is 10.3. The minimum Gasteiger partial charge on any atom is -0.507 e. The van der Waals surface area contributed by atoms with E-state index in [0.717, 1.165) is 5.69 Å². The van der Waals surface area contributed by atoms with Gasteiger partial charge in [0.05, 0.1) is 17.1 Å². The molecule has 1 aliphatic heterocycles. The number of piperazine rings is 1. The molecule has 0 saturated carbocycles. The topological polar surface area (TPSA) is 141 Å². The summed E-state index contributed by atoms with van der Waals surface area (Å²) in [5.74, 6) is -1.34. The number of aromatic nitrogens is 1. The average molecular weight is 479 g/mol. The Morgan fingerprint density at radius 1 is 1.00 bits per heavy atom. The molecule has 0 bridgehead atoms. The minimum absolute atomic E-state index is 0.00836. The Kier molecular flexibility index (Phi) is 6.97. The van der Waals surface area contributed by atoms with Crippen LogP contribution in [0.5, 0.6) is 5.75 Å². The van der Waals surface area contributed by atoms with Crippen molar-refractivity contribution >= 4 is 23.2 Å². The zero-order valence-electron chi connectivity index (χ0n) is 18.8. The number of phenols is 1. The Morgan fingerprint density at radius 2 is 1.63 bits per heavy atom. The summed E-state index contributed by atoms with van der Waals surface area (Å²) in [4.78, 5) is 39.8. The molecule has 1 saturated heterocycles. The number of amides is 2. The number of nitrogens with one attached hydrogen (secondary N) is 1. The maximum absolute atomic E-state index is 13.0. The van der Waals surface area contributed by atoms with E-state index in [2.05, 4.69) is 5.32 Å². The van der Waals surface area contributed by atoms with Gasteiger partial charge in [-0.15, -0.1) is 0 Å². The monoisotopic (exact) mass is 479 g/mol. The number of carbonyl (C=O) groups is 2. The van der Waals surface area contributed by atoms with E-state index < -0.39 is 29.4 Å². The van der Waals surface area contributed by atoms with Gasteiger partial charge >= 0.3 is 0 Å². The largest absolute Gasteiger partial charge is 0.507 e. The first-order valence-electron chi connectivity index (χ1n) is 11.0. The van der Waals surface area contributed by atoms with Crippen molar-refractivity contribution in [3.05, 3.63) is 82.7 Å². The molecular weight excluding hydrogens is 454 g/mol. The fraction of sp³-hybridized carbons (Fsp3) is 0.250. The van der Waals surface area contributed by atoms with Crippen LogP contribution in [0.4, 0.5) is 11.4 Å². The second-order valence-corrected chi connectivity index (χ2v) is 8.09. The lowest BCUT2D eigenvalue weighted by molar-refractivity contribution is -0.384. The van der Waals surface area contributed by atoms with Gasteiger partial charge in [-0.25, -0.2) is 0 Å². The lowest BCUT2D eigenvalue weighted by atomic mass is 10.1. The maximum Gasteiger partial charge on any atom is 0.269 e. The van der Waals surface area contributed by atoms with E-state index in [0.29, 0.717) is 31.9 Å². The quantitative estimate of drug-likeness (QED) is 0.345. The highest BCUT2D eigenvalue weighted by Crippen LogP contribution is 2.22. The number of aromatic hydroxyl groups is 1. The minimum atomic E-state index is -1.16. The van der Waals surface area contributed by atoms with Crippen LogP contribution < -0.4 is 10.2 Å². The molecule has 2 amide bonds. The fourth-order valence-electron chi connectivity index (χ4n) is 3.99. The number of aliphatic hydroxyl groups is 1. The van der Waals surface area contributed by atoms with E-state index in [1.165, 1.54) is 24.3 Å². The van der Waals surface area contributed by atoms with Gasteiger partial charge in [-0.2, -0.15) is 0 Å². The molecule has 0 spiro atoms. The standard InChI is InChI=1S/C24H25N5O6/c30-16-21(25-23(32)20-15-19(7-8-22(20)31)26-9-1-2-10-26)24(33)28-13-11-27(12-14-28)17-3-5-18(6-4-17)29(34)35/h1-10,15,21,30-31H,11-14,16H2,(H,25,32). The Balaban J connectivity index is 1.38. The summed E-state index contributed by atoms with van der Waals surface area (Å²) >= 11 is 0. The zero-order valence-corrected chi connectivity index (χ0v) is 18.8. The molecule has 11 heteroatoms. The Bertz CT molecular complexity index is 1200. The molecule has 1 fully saturated rings. The molecule has 0 aliphatic carbocycles. The number of carbonyl (C=O) groups excluding carboxylic acids is 2. The first kappa shape index (κ1) is 23.8. The summed E-state index contributed by atoms with van der Waals surface area (Å²) in [5.41, 5.74) is 1.47. The molecular formula is C24H25N5O6. The van der Waals surface area contributed by atoms with Crippen LogP contribution in [-0.4, -0.2) is 75.2 Å². The van der Waals surface area contributed by atoms with Crippen molar-refractivity contribution in [3.63, 3.8) is 0 Å². The van der Waals surface area contributed by atoms with Crippen molar-refractivity contribution in [2.45, 2.75) is 6.04 Å². The summed E-state index contributed by atoms with van der Waals surface area (Å²) in [7, 11) is 0. The van der Waals surface area contributed by atoms with E-state index in [9.17, 15) is 29.9 Å². The smallest absolute Gasteiger partial charge is 0.269 e. The van der Waals surface area contributed by atoms with Crippen LogP contribution in [0.25, 0.3) is 5.69 Å². The zero-order chi connectivity index (χ0) is 24.9. The number of benzene rings is 2. The number of rotatable bonds is 7. The van der Waals surface area contributed by atoms with Crippen LogP contribution >= 0.6 is 0 Å². The normalized spacial score (nSPS) is 14.4. The van der Waals surface area contributed by atoms with E-state index in [4.69, 9.17) is 0 Å². The average Bonchev–Trinajstić information content (AvgIpc) is 3.42. The number of phenolic OH excluding ortho intramolecular Hbond substituents is 1. The van der Waals surface area contributed by atoms with Crippen molar-refractivity contribution in [3.8, 4) is 11.4 Å². The van der Waals surface area contributed by atoms with Crippen LogP contribution in [0, 0.1) is 10.1 Å². The summed E-state index contributed by atoms with van der Waals surface area (Å²) in [6.07, 6.45) is 3.59. The molecule has 0 radical (unpaired) electrons. The number of nitro groups is 1. The van der Waals surface area contributed by atoms with Crippen molar-refractivity contribution in [1.29, 1.82) is 0 Å². The summed E-state index contributed by atoms with van der Waals surface area (Å²) in [6.45, 7) is 1.11. The number of hydrogen-bond acceptors (Lipinski definition) is 7. The molecule has 182 valence electrons. The fourth-order valence-corrected chi connectivity index (χ4v) is 3.99. The highest BCUT2D eigenvalue weighted by molar-refractivity contribution is 6.00. The summed E-state index contributed by atoms with van der Waals surface area (Å²) in [5, 5.41) is 33.4. The van der Waals surface area contributed by atoms with Crippen LogP contribution in [0.2, 0.25) is 0 Å². The number of anilines is 1. The van der Waals surface area contributed by atoms with Gasteiger partial charge < -0.3 is 29.9 Å².